The fourth-order valence-electron chi connectivity index (χ4n) is 3.47. The van der Waals surface area contributed by atoms with Gasteiger partial charge in [0.1, 0.15) is 6.04 Å². The van der Waals surface area contributed by atoms with Crippen LogP contribution in [0.3, 0.4) is 0 Å². The molecule has 0 heterocycles. The zero-order valence-electron chi connectivity index (χ0n) is 17.7. The van der Waals surface area contributed by atoms with Gasteiger partial charge in [-0.25, -0.2) is 0 Å². The Bertz CT molecular complexity index is 829. The van der Waals surface area contributed by atoms with Gasteiger partial charge < -0.3 is 10.2 Å². The molecule has 0 aliphatic heterocycles. The molecule has 1 N–H and O–H groups in total. The average molecular weight is 381 g/mol. The first-order valence-corrected chi connectivity index (χ1v) is 10.0. The molecule has 0 fully saturated rings. The molecule has 0 spiro atoms. The maximum Gasteiger partial charge on any atom is 0.242 e. The number of aryl methyl sites for hydroxylation is 3. The van der Waals surface area contributed by atoms with E-state index in [9.17, 15) is 9.59 Å². The van der Waals surface area contributed by atoms with Gasteiger partial charge in [0.2, 0.25) is 11.8 Å². The molecule has 0 unspecified atom stereocenters. The fraction of sp³-hybridized carbons (Fsp3) is 0.417. The quantitative estimate of drug-likeness (QED) is 0.750. The molecular formula is C24H32N2O2. The van der Waals surface area contributed by atoms with E-state index in [2.05, 4.69) is 23.5 Å². The molecule has 1 atom stereocenters. The highest BCUT2D eigenvalue weighted by Crippen LogP contribution is 2.18. The number of amides is 2. The highest BCUT2D eigenvalue weighted by molar-refractivity contribution is 5.88. The van der Waals surface area contributed by atoms with Crippen LogP contribution in [0.2, 0.25) is 0 Å². The van der Waals surface area contributed by atoms with Gasteiger partial charge in [0, 0.05) is 13.1 Å². The summed E-state index contributed by atoms with van der Waals surface area (Å²) in [7, 11) is 0. The lowest BCUT2D eigenvalue weighted by atomic mass is 10.0. The number of hydrogen-bond donors (Lipinski definition) is 1. The number of hydrogen-bond acceptors (Lipinski definition) is 2. The summed E-state index contributed by atoms with van der Waals surface area (Å²) in [5.74, 6) is -0.111. The predicted octanol–water partition coefficient (Wildman–Crippen LogP) is 4.10. The Morgan fingerprint density at radius 3 is 2.36 bits per heavy atom. The highest BCUT2D eigenvalue weighted by Gasteiger charge is 2.28. The Labute approximate surface area is 169 Å². The van der Waals surface area contributed by atoms with Crippen LogP contribution in [0.15, 0.2) is 42.5 Å². The van der Waals surface area contributed by atoms with E-state index in [1.807, 2.05) is 58.9 Å². The van der Waals surface area contributed by atoms with Crippen LogP contribution in [0.1, 0.15) is 48.1 Å². The van der Waals surface area contributed by atoms with Crippen LogP contribution >= 0.6 is 0 Å². The van der Waals surface area contributed by atoms with Crippen LogP contribution in [0.25, 0.3) is 0 Å². The number of carbonyl (C=O) groups is 2. The number of nitrogens with zero attached hydrogens (tertiary/aromatic N) is 1. The SMILES string of the molecule is CCNC(=O)[C@@H](CC)N(Cc1cccc(C)c1)C(=O)Cc1cc(C)ccc1C. The summed E-state index contributed by atoms with van der Waals surface area (Å²) in [4.78, 5) is 27.7. The molecule has 28 heavy (non-hydrogen) atoms. The molecule has 150 valence electrons. The minimum atomic E-state index is -0.474. The van der Waals surface area contributed by atoms with Crippen molar-refractivity contribution >= 4 is 11.8 Å². The molecule has 2 aromatic carbocycles. The lowest BCUT2D eigenvalue weighted by molar-refractivity contribution is -0.140. The number of nitrogens with one attached hydrogen (secondary N) is 1. The molecule has 2 amide bonds. The van der Waals surface area contributed by atoms with E-state index in [4.69, 9.17) is 0 Å². The molecular weight excluding hydrogens is 348 g/mol. The molecule has 2 rings (SSSR count). The standard InChI is InChI=1S/C24H32N2O2/c1-6-22(24(28)25-7-2)26(16-20-10-8-9-17(3)13-20)23(27)15-21-14-18(4)11-12-19(21)5/h8-14,22H,6-7,15-16H2,1-5H3,(H,25,28)/t22-/m1/s1. The minimum Gasteiger partial charge on any atom is -0.355 e. The van der Waals surface area contributed by atoms with Crippen molar-refractivity contribution in [2.45, 2.75) is 60.0 Å². The Morgan fingerprint density at radius 1 is 1.00 bits per heavy atom. The second-order valence-electron chi connectivity index (χ2n) is 7.44. The first-order chi connectivity index (χ1) is 13.3. The van der Waals surface area contributed by atoms with Gasteiger partial charge in [-0.05, 0) is 50.8 Å². The molecule has 0 aromatic heterocycles. The number of likely N-dealkylation sites (N-methyl/N-ethyl adjacent to an activating group) is 1. The molecule has 2 aromatic rings. The molecule has 0 saturated carbocycles. The first-order valence-electron chi connectivity index (χ1n) is 10.0. The van der Waals surface area contributed by atoms with Gasteiger partial charge in [-0.1, -0.05) is 60.5 Å². The lowest BCUT2D eigenvalue weighted by Gasteiger charge is -2.31. The van der Waals surface area contributed by atoms with E-state index < -0.39 is 6.04 Å². The molecule has 0 bridgehead atoms. The summed E-state index contributed by atoms with van der Waals surface area (Å²) >= 11 is 0. The van der Waals surface area contributed by atoms with Crippen molar-refractivity contribution in [2.24, 2.45) is 0 Å². The van der Waals surface area contributed by atoms with E-state index in [0.29, 0.717) is 25.9 Å². The lowest BCUT2D eigenvalue weighted by Crippen LogP contribution is -2.49. The summed E-state index contributed by atoms with van der Waals surface area (Å²) in [5.41, 5.74) is 5.43. The van der Waals surface area contributed by atoms with Crippen molar-refractivity contribution in [3.8, 4) is 0 Å². The van der Waals surface area contributed by atoms with Crippen LogP contribution in [0.4, 0.5) is 0 Å². The summed E-state index contributed by atoms with van der Waals surface area (Å²) in [6.07, 6.45) is 0.880. The average Bonchev–Trinajstić information content (AvgIpc) is 2.64. The third-order valence-corrected chi connectivity index (χ3v) is 5.02. The molecule has 0 aliphatic carbocycles. The summed E-state index contributed by atoms with van der Waals surface area (Å²) < 4.78 is 0. The van der Waals surface area contributed by atoms with Crippen molar-refractivity contribution in [2.75, 3.05) is 6.54 Å². The monoisotopic (exact) mass is 380 g/mol. The minimum absolute atomic E-state index is 0.0201. The van der Waals surface area contributed by atoms with Crippen molar-refractivity contribution in [3.05, 3.63) is 70.3 Å². The van der Waals surface area contributed by atoms with Gasteiger partial charge in [0.05, 0.1) is 6.42 Å². The third-order valence-electron chi connectivity index (χ3n) is 5.02. The topological polar surface area (TPSA) is 49.4 Å². The number of rotatable bonds is 8. The van der Waals surface area contributed by atoms with Gasteiger partial charge in [0.25, 0.3) is 0 Å². The van der Waals surface area contributed by atoms with Gasteiger partial charge in [-0.3, -0.25) is 9.59 Å². The van der Waals surface area contributed by atoms with Gasteiger partial charge in [-0.2, -0.15) is 0 Å². The highest BCUT2D eigenvalue weighted by atomic mass is 16.2. The summed E-state index contributed by atoms with van der Waals surface area (Å²) in [6.45, 7) is 10.9. The van der Waals surface area contributed by atoms with Gasteiger partial charge in [0.15, 0.2) is 0 Å². The van der Waals surface area contributed by atoms with Crippen LogP contribution in [0.5, 0.6) is 0 Å². The molecule has 0 aliphatic rings. The second-order valence-corrected chi connectivity index (χ2v) is 7.44. The van der Waals surface area contributed by atoms with Crippen LogP contribution in [-0.2, 0) is 22.6 Å². The Hall–Kier alpha value is -2.62. The maximum atomic E-state index is 13.3. The van der Waals surface area contributed by atoms with E-state index in [-0.39, 0.29) is 11.8 Å². The van der Waals surface area contributed by atoms with Crippen molar-refractivity contribution < 1.29 is 9.59 Å². The van der Waals surface area contributed by atoms with Crippen molar-refractivity contribution in [1.29, 1.82) is 0 Å². The largest absolute Gasteiger partial charge is 0.355 e. The molecule has 4 heteroatoms. The third kappa shape index (κ3) is 5.69. The van der Waals surface area contributed by atoms with Crippen LogP contribution in [0, 0.1) is 20.8 Å². The van der Waals surface area contributed by atoms with Gasteiger partial charge in [-0.15, -0.1) is 0 Å². The Kier molecular flexibility index (Phi) is 7.80. The number of benzene rings is 2. The number of carbonyl (C=O) groups excluding carboxylic acids is 2. The van der Waals surface area contributed by atoms with E-state index in [0.717, 1.165) is 27.8 Å². The van der Waals surface area contributed by atoms with E-state index in [1.165, 1.54) is 0 Å². The molecule has 0 saturated heterocycles. The molecule has 4 nitrogen and oxygen atoms in total. The van der Waals surface area contributed by atoms with E-state index >= 15 is 0 Å². The Balaban J connectivity index is 2.33. The van der Waals surface area contributed by atoms with Crippen molar-refractivity contribution in [1.82, 2.24) is 10.2 Å². The van der Waals surface area contributed by atoms with Crippen LogP contribution < -0.4 is 5.32 Å². The van der Waals surface area contributed by atoms with Crippen LogP contribution in [-0.4, -0.2) is 29.3 Å². The van der Waals surface area contributed by atoms with Crippen molar-refractivity contribution in [3.63, 3.8) is 0 Å². The molecule has 0 radical (unpaired) electrons. The smallest absolute Gasteiger partial charge is 0.242 e. The van der Waals surface area contributed by atoms with E-state index in [1.54, 1.807) is 4.90 Å². The fourth-order valence-corrected chi connectivity index (χ4v) is 3.47. The summed E-state index contributed by atoms with van der Waals surface area (Å²) in [6, 6.07) is 13.8. The Morgan fingerprint density at radius 2 is 1.71 bits per heavy atom. The zero-order valence-corrected chi connectivity index (χ0v) is 17.7. The summed E-state index contributed by atoms with van der Waals surface area (Å²) in [5, 5.41) is 2.88. The van der Waals surface area contributed by atoms with Gasteiger partial charge >= 0.3 is 0 Å². The maximum absolute atomic E-state index is 13.3. The zero-order chi connectivity index (χ0) is 20.7. The predicted molar refractivity (Wildman–Crippen MR) is 114 cm³/mol. The normalized spacial score (nSPS) is 11.8. The first kappa shape index (κ1) is 21.7. The second kappa shape index (κ2) is 10.1.